The summed E-state index contributed by atoms with van der Waals surface area (Å²) >= 11 is 0. The Bertz CT molecular complexity index is 535. The second-order valence-corrected chi connectivity index (χ2v) is 5.78. The number of aromatic nitrogens is 1. The molecule has 6 nitrogen and oxygen atoms in total. The van der Waals surface area contributed by atoms with Gasteiger partial charge in [0, 0.05) is 25.9 Å². The van der Waals surface area contributed by atoms with Gasteiger partial charge in [-0.3, -0.25) is 0 Å². The van der Waals surface area contributed by atoms with Gasteiger partial charge in [0.25, 0.3) is 0 Å². The Kier molecular flexibility index (Phi) is 4.04. The molecule has 17 heavy (non-hydrogen) atoms. The van der Waals surface area contributed by atoms with Crippen LogP contribution in [0.2, 0.25) is 0 Å². The van der Waals surface area contributed by atoms with Crippen LogP contribution in [0.25, 0.3) is 0 Å². The minimum atomic E-state index is -3.60. The molecule has 0 aliphatic rings. The molecule has 2 N–H and O–H groups in total. The molecule has 0 aliphatic heterocycles. The fraction of sp³-hybridized carbons (Fsp3) is 0.400. The fourth-order valence-corrected chi connectivity index (χ4v) is 2.58. The number of nitrogens with zero attached hydrogens (tertiary/aromatic N) is 3. The molecule has 1 atom stereocenters. The van der Waals surface area contributed by atoms with Crippen molar-refractivity contribution < 1.29 is 8.42 Å². The van der Waals surface area contributed by atoms with Crippen LogP contribution in [0.15, 0.2) is 23.2 Å². The van der Waals surface area contributed by atoms with E-state index in [0.717, 1.165) is 4.31 Å². The van der Waals surface area contributed by atoms with Crippen molar-refractivity contribution in [1.29, 1.82) is 5.26 Å². The third-order valence-electron chi connectivity index (χ3n) is 2.21. The van der Waals surface area contributed by atoms with Gasteiger partial charge in [-0.15, -0.1) is 0 Å². The molecule has 0 saturated carbocycles. The Hall–Kier alpha value is -1.65. The highest BCUT2D eigenvalue weighted by atomic mass is 32.2. The SMILES string of the molecule is CC(C#N)CN(C)S(=O)(=O)c1ccnc(N)c1. The van der Waals surface area contributed by atoms with Crippen molar-refractivity contribution >= 4 is 15.8 Å². The highest BCUT2D eigenvalue weighted by molar-refractivity contribution is 7.89. The van der Waals surface area contributed by atoms with Crippen LogP contribution in [0.1, 0.15) is 6.92 Å². The lowest BCUT2D eigenvalue weighted by atomic mass is 10.2. The van der Waals surface area contributed by atoms with Crippen molar-refractivity contribution in [2.45, 2.75) is 11.8 Å². The normalized spacial score (nSPS) is 13.3. The number of nitrogens with two attached hydrogens (primary N) is 1. The van der Waals surface area contributed by atoms with Crippen LogP contribution in [0.5, 0.6) is 0 Å². The molecule has 0 radical (unpaired) electrons. The van der Waals surface area contributed by atoms with Crippen molar-refractivity contribution in [3.63, 3.8) is 0 Å². The second kappa shape index (κ2) is 5.12. The minimum absolute atomic E-state index is 0.0811. The number of nitrogen functional groups attached to an aromatic ring is 1. The van der Waals surface area contributed by atoms with E-state index in [4.69, 9.17) is 11.0 Å². The smallest absolute Gasteiger partial charge is 0.243 e. The molecule has 0 aromatic carbocycles. The van der Waals surface area contributed by atoms with Crippen molar-refractivity contribution in [1.82, 2.24) is 9.29 Å². The Balaban J connectivity index is 3.00. The molecule has 0 bridgehead atoms. The fourth-order valence-electron chi connectivity index (χ4n) is 1.29. The van der Waals surface area contributed by atoms with Crippen LogP contribution in [-0.4, -0.2) is 31.3 Å². The monoisotopic (exact) mass is 254 g/mol. The zero-order valence-electron chi connectivity index (χ0n) is 9.66. The summed E-state index contributed by atoms with van der Waals surface area (Å²) in [5.74, 6) is -0.221. The van der Waals surface area contributed by atoms with Gasteiger partial charge in [-0.1, -0.05) is 0 Å². The van der Waals surface area contributed by atoms with E-state index < -0.39 is 10.0 Å². The summed E-state index contributed by atoms with van der Waals surface area (Å²) in [6.07, 6.45) is 1.34. The Morgan fingerprint density at radius 2 is 2.29 bits per heavy atom. The number of hydrogen-bond donors (Lipinski definition) is 1. The van der Waals surface area contributed by atoms with Gasteiger partial charge in [0.1, 0.15) is 5.82 Å². The maximum atomic E-state index is 12.1. The second-order valence-electron chi connectivity index (χ2n) is 3.73. The summed E-state index contributed by atoms with van der Waals surface area (Å²) in [4.78, 5) is 3.81. The van der Waals surface area contributed by atoms with Gasteiger partial charge in [0.05, 0.1) is 16.9 Å². The molecule has 0 spiro atoms. The van der Waals surface area contributed by atoms with Crippen molar-refractivity contribution in [2.24, 2.45) is 5.92 Å². The van der Waals surface area contributed by atoms with Gasteiger partial charge in [-0.2, -0.15) is 9.57 Å². The first-order valence-corrected chi connectivity index (χ1v) is 6.39. The summed E-state index contributed by atoms with van der Waals surface area (Å²) in [5, 5.41) is 8.66. The molecule has 7 heteroatoms. The minimum Gasteiger partial charge on any atom is -0.384 e. The first kappa shape index (κ1) is 13.4. The van der Waals surface area contributed by atoms with Gasteiger partial charge < -0.3 is 5.73 Å². The lowest BCUT2D eigenvalue weighted by molar-refractivity contribution is 0.439. The molecule has 1 rings (SSSR count). The first-order valence-electron chi connectivity index (χ1n) is 4.95. The van der Waals surface area contributed by atoms with Crippen molar-refractivity contribution in [3.05, 3.63) is 18.3 Å². The Morgan fingerprint density at radius 1 is 1.65 bits per heavy atom. The molecule has 1 heterocycles. The molecule has 0 saturated heterocycles. The quantitative estimate of drug-likeness (QED) is 0.840. The van der Waals surface area contributed by atoms with Crippen LogP contribution < -0.4 is 5.73 Å². The number of anilines is 1. The molecule has 0 aliphatic carbocycles. The van der Waals surface area contributed by atoms with Gasteiger partial charge in [-0.05, 0) is 13.0 Å². The van der Waals surface area contributed by atoms with Crippen LogP contribution in [0.4, 0.5) is 5.82 Å². The van der Waals surface area contributed by atoms with Gasteiger partial charge in [-0.25, -0.2) is 13.4 Å². The molecule has 92 valence electrons. The van der Waals surface area contributed by atoms with Gasteiger partial charge >= 0.3 is 0 Å². The molecule has 0 fully saturated rings. The lowest BCUT2D eigenvalue weighted by Crippen LogP contribution is -2.30. The average Bonchev–Trinajstić information content (AvgIpc) is 2.28. The van der Waals surface area contributed by atoms with E-state index in [2.05, 4.69) is 4.98 Å². The molecular formula is C10H14N4O2S. The van der Waals surface area contributed by atoms with Gasteiger partial charge in [0.15, 0.2) is 0 Å². The van der Waals surface area contributed by atoms with E-state index in [1.54, 1.807) is 6.92 Å². The third-order valence-corrected chi connectivity index (χ3v) is 4.03. The number of nitriles is 1. The Labute approximate surface area is 101 Å². The van der Waals surface area contributed by atoms with Gasteiger partial charge in [0.2, 0.25) is 10.0 Å². The molecular weight excluding hydrogens is 240 g/mol. The third kappa shape index (κ3) is 3.15. The summed E-state index contributed by atoms with van der Waals surface area (Å²) in [6.45, 7) is 1.80. The van der Waals surface area contributed by atoms with Crippen LogP contribution in [0, 0.1) is 17.2 Å². The summed E-state index contributed by atoms with van der Waals surface area (Å²) in [5.41, 5.74) is 5.44. The first-order chi connectivity index (χ1) is 7.87. The summed E-state index contributed by atoms with van der Waals surface area (Å²) < 4.78 is 25.3. The van der Waals surface area contributed by atoms with E-state index >= 15 is 0 Å². The summed E-state index contributed by atoms with van der Waals surface area (Å²) in [7, 11) is -2.17. The van der Waals surface area contributed by atoms with E-state index in [0.29, 0.717) is 0 Å². The predicted octanol–water partition coefficient (Wildman–Crippen LogP) is 0.444. The van der Waals surface area contributed by atoms with Crippen molar-refractivity contribution in [3.8, 4) is 6.07 Å². The largest absolute Gasteiger partial charge is 0.384 e. The molecule has 1 aromatic rings. The zero-order chi connectivity index (χ0) is 13.1. The highest BCUT2D eigenvalue weighted by Gasteiger charge is 2.22. The number of pyridine rings is 1. The van der Waals surface area contributed by atoms with Crippen LogP contribution in [-0.2, 0) is 10.0 Å². The van der Waals surface area contributed by atoms with E-state index in [-0.39, 0.29) is 23.2 Å². The van der Waals surface area contributed by atoms with E-state index in [1.807, 2.05) is 6.07 Å². The van der Waals surface area contributed by atoms with Crippen LogP contribution in [0.3, 0.4) is 0 Å². The summed E-state index contributed by atoms with van der Waals surface area (Å²) in [6, 6.07) is 4.66. The predicted molar refractivity (Wildman–Crippen MR) is 63.2 cm³/mol. The van der Waals surface area contributed by atoms with Crippen LogP contribution >= 0.6 is 0 Å². The molecule has 1 unspecified atom stereocenters. The average molecular weight is 254 g/mol. The standard InChI is InChI=1S/C10H14N4O2S/c1-8(6-11)7-14(2)17(15,16)9-3-4-13-10(12)5-9/h3-5,8H,7H2,1-2H3,(H2,12,13). The van der Waals surface area contributed by atoms with E-state index in [1.165, 1.54) is 25.4 Å². The molecule has 1 aromatic heterocycles. The topological polar surface area (TPSA) is 100 Å². The lowest BCUT2D eigenvalue weighted by Gasteiger charge is -2.18. The maximum absolute atomic E-state index is 12.1. The molecule has 0 amide bonds. The highest BCUT2D eigenvalue weighted by Crippen LogP contribution is 2.16. The number of sulfonamides is 1. The zero-order valence-corrected chi connectivity index (χ0v) is 10.5. The number of hydrogen-bond acceptors (Lipinski definition) is 5. The maximum Gasteiger partial charge on any atom is 0.243 e. The van der Waals surface area contributed by atoms with E-state index in [9.17, 15) is 8.42 Å². The Morgan fingerprint density at radius 3 is 2.82 bits per heavy atom. The number of rotatable bonds is 4. The van der Waals surface area contributed by atoms with Crippen molar-refractivity contribution in [2.75, 3.05) is 19.3 Å².